The van der Waals surface area contributed by atoms with Gasteiger partial charge in [-0.15, -0.1) is 0 Å². The lowest BCUT2D eigenvalue weighted by atomic mass is 10.1. The maximum atomic E-state index is 12.6. The number of para-hydroxylation sites is 1. The normalized spacial score (nSPS) is 17.4. The Balaban J connectivity index is 1.72. The number of carbonyl (C=O) groups excluding carboxylic acids is 2. The molecule has 1 fully saturated rings. The molecule has 1 aliphatic heterocycles. The summed E-state index contributed by atoms with van der Waals surface area (Å²) in [5.74, 6) is -0.347. The first kappa shape index (κ1) is 16.2. The molecule has 2 aromatic carbocycles. The van der Waals surface area contributed by atoms with Gasteiger partial charge in [0, 0.05) is 5.69 Å². The molecule has 0 aromatic heterocycles. The van der Waals surface area contributed by atoms with Crippen molar-refractivity contribution in [1.29, 1.82) is 0 Å². The van der Waals surface area contributed by atoms with Crippen LogP contribution in [0, 0.1) is 0 Å². The molecule has 1 unspecified atom stereocenters. The number of benzene rings is 2. The predicted molar refractivity (Wildman–Crippen MR) is 96.0 cm³/mol. The number of nitrogens with one attached hydrogen (secondary N) is 1. The summed E-state index contributed by atoms with van der Waals surface area (Å²) < 4.78 is 0. The second-order valence-corrected chi connectivity index (χ2v) is 6.10. The second-order valence-electron chi connectivity index (χ2n) is 6.10. The minimum Gasteiger partial charge on any atom is -0.373 e. The summed E-state index contributed by atoms with van der Waals surface area (Å²) in [4.78, 5) is 26.2. The highest BCUT2D eigenvalue weighted by atomic mass is 16.2. The van der Waals surface area contributed by atoms with Crippen LogP contribution in [0.4, 0.5) is 11.4 Å². The van der Waals surface area contributed by atoms with E-state index in [1.54, 1.807) is 0 Å². The average Bonchev–Trinajstić information content (AvgIpc) is 2.88. The third-order valence-corrected chi connectivity index (χ3v) is 4.27. The number of nitrogens with zero attached hydrogens (tertiary/aromatic N) is 1. The van der Waals surface area contributed by atoms with Crippen LogP contribution in [0.3, 0.4) is 0 Å². The lowest BCUT2D eigenvalue weighted by Gasteiger charge is -2.16. The zero-order valence-corrected chi connectivity index (χ0v) is 13.9. The Morgan fingerprint density at radius 2 is 1.75 bits per heavy atom. The van der Waals surface area contributed by atoms with E-state index < -0.39 is 6.04 Å². The van der Waals surface area contributed by atoms with Crippen LogP contribution in [0.1, 0.15) is 31.7 Å². The highest BCUT2D eigenvalue weighted by Gasteiger charge is 2.39. The van der Waals surface area contributed by atoms with Gasteiger partial charge in [0.1, 0.15) is 6.04 Å². The molecule has 4 heteroatoms. The summed E-state index contributed by atoms with van der Waals surface area (Å²) in [6.07, 6.45) is 3.50. The van der Waals surface area contributed by atoms with E-state index in [1.807, 2.05) is 54.6 Å². The van der Waals surface area contributed by atoms with Gasteiger partial charge >= 0.3 is 0 Å². The molecule has 0 bridgehead atoms. The Morgan fingerprint density at radius 1 is 1.04 bits per heavy atom. The summed E-state index contributed by atoms with van der Waals surface area (Å²) in [6, 6.07) is 16.7. The largest absolute Gasteiger partial charge is 0.373 e. The van der Waals surface area contributed by atoms with E-state index in [9.17, 15) is 9.59 Å². The molecule has 2 amide bonds. The van der Waals surface area contributed by atoms with Crippen molar-refractivity contribution >= 4 is 23.2 Å². The smallest absolute Gasteiger partial charge is 0.256 e. The van der Waals surface area contributed by atoms with Gasteiger partial charge in [0.15, 0.2) is 0 Å². The molecule has 3 rings (SSSR count). The fraction of sp³-hybridized carbons (Fsp3) is 0.300. The lowest BCUT2D eigenvalue weighted by molar-refractivity contribution is -0.121. The highest BCUT2D eigenvalue weighted by Crippen LogP contribution is 2.25. The zero-order chi connectivity index (χ0) is 16.9. The van der Waals surface area contributed by atoms with Crippen molar-refractivity contribution in [2.75, 3.05) is 10.2 Å². The number of anilines is 2. The molecular weight excluding hydrogens is 300 g/mol. The van der Waals surface area contributed by atoms with Gasteiger partial charge in [0.2, 0.25) is 5.91 Å². The maximum absolute atomic E-state index is 12.6. The number of hydrogen-bond donors (Lipinski definition) is 1. The summed E-state index contributed by atoms with van der Waals surface area (Å²) in [7, 11) is 0. The van der Waals surface area contributed by atoms with E-state index in [-0.39, 0.29) is 18.2 Å². The summed E-state index contributed by atoms with van der Waals surface area (Å²) in [5, 5.41) is 3.15. The fourth-order valence-electron chi connectivity index (χ4n) is 2.94. The van der Waals surface area contributed by atoms with E-state index in [0.29, 0.717) is 5.69 Å². The van der Waals surface area contributed by atoms with Gasteiger partial charge in [-0.3, -0.25) is 9.59 Å². The van der Waals surface area contributed by atoms with Crippen molar-refractivity contribution in [2.24, 2.45) is 0 Å². The van der Waals surface area contributed by atoms with Gasteiger partial charge in [-0.1, -0.05) is 43.7 Å². The van der Waals surface area contributed by atoms with Crippen LogP contribution < -0.4 is 10.2 Å². The van der Waals surface area contributed by atoms with E-state index in [1.165, 1.54) is 10.5 Å². The molecular formula is C20H22N2O2. The number of amides is 2. The highest BCUT2D eigenvalue weighted by molar-refractivity contribution is 6.23. The van der Waals surface area contributed by atoms with Crippen molar-refractivity contribution in [1.82, 2.24) is 0 Å². The molecule has 24 heavy (non-hydrogen) atoms. The summed E-state index contributed by atoms with van der Waals surface area (Å²) >= 11 is 0. The molecule has 2 aromatic rings. The second kappa shape index (κ2) is 7.30. The van der Waals surface area contributed by atoms with Crippen LogP contribution in [0.25, 0.3) is 0 Å². The number of unbranched alkanes of at least 4 members (excludes halogenated alkanes) is 1. The molecule has 1 saturated heterocycles. The minimum atomic E-state index is -0.500. The van der Waals surface area contributed by atoms with Gasteiger partial charge < -0.3 is 5.32 Å². The maximum Gasteiger partial charge on any atom is 0.256 e. The Morgan fingerprint density at radius 3 is 2.42 bits per heavy atom. The first-order valence-corrected chi connectivity index (χ1v) is 8.46. The topological polar surface area (TPSA) is 49.4 Å². The lowest BCUT2D eigenvalue weighted by Crippen LogP contribution is -2.34. The van der Waals surface area contributed by atoms with Crippen LogP contribution in [0.2, 0.25) is 0 Å². The monoisotopic (exact) mass is 322 g/mol. The van der Waals surface area contributed by atoms with E-state index >= 15 is 0 Å². The molecule has 0 radical (unpaired) electrons. The van der Waals surface area contributed by atoms with Crippen LogP contribution in [0.5, 0.6) is 0 Å². The Kier molecular flexibility index (Phi) is 4.94. The molecule has 0 spiro atoms. The number of aryl methyl sites for hydroxylation is 1. The Labute approximate surface area is 142 Å². The quantitative estimate of drug-likeness (QED) is 0.824. The zero-order valence-electron chi connectivity index (χ0n) is 13.9. The number of carbonyl (C=O) groups is 2. The first-order valence-electron chi connectivity index (χ1n) is 8.46. The SMILES string of the molecule is CCCCc1ccc(N2C(=O)CC(Nc3ccccc3)C2=O)cc1. The third kappa shape index (κ3) is 3.48. The fourth-order valence-corrected chi connectivity index (χ4v) is 2.94. The Hall–Kier alpha value is -2.62. The molecule has 124 valence electrons. The van der Waals surface area contributed by atoms with Crippen molar-refractivity contribution in [3.63, 3.8) is 0 Å². The van der Waals surface area contributed by atoms with Crippen molar-refractivity contribution in [2.45, 2.75) is 38.6 Å². The first-order chi connectivity index (χ1) is 11.7. The van der Waals surface area contributed by atoms with Crippen molar-refractivity contribution in [3.05, 3.63) is 60.2 Å². The molecule has 1 atom stereocenters. The predicted octanol–water partition coefficient (Wildman–Crippen LogP) is 3.77. The van der Waals surface area contributed by atoms with E-state index in [0.717, 1.165) is 24.9 Å². The van der Waals surface area contributed by atoms with Crippen molar-refractivity contribution < 1.29 is 9.59 Å². The molecule has 4 nitrogen and oxygen atoms in total. The molecule has 1 N–H and O–H groups in total. The van der Waals surface area contributed by atoms with Gasteiger partial charge in [-0.25, -0.2) is 4.90 Å². The van der Waals surface area contributed by atoms with E-state index in [2.05, 4.69) is 12.2 Å². The molecule has 1 heterocycles. The van der Waals surface area contributed by atoms with Gasteiger partial charge in [-0.2, -0.15) is 0 Å². The number of imide groups is 1. The van der Waals surface area contributed by atoms with Crippen LogP contribution in [0.15, 0.2) is 54.6 Å². The van der Waals surface area contributed by atoms with E-state index in [4.69, 9.17) is 0 Å². The molecule has 0 saturated carbocycles. The standard InChI is InChI=1S/C20H22N2O2/c1-2-3-7-15-10-12-17(13-11-15)22-19(23)14-18(20(22)24)21-16-8-5-4-6-9-16/h4-6,8-13,18,21H,2-3,7,14H2,1H3. The van der Waals surface area contributed by atoms with Gasteiger partial charge in [-0.05, 0) is 42.7 Å². The third-order valence-electron chi connectivity index (χ3n) is 4.27. The molecule has 1 aliphatic rings. The van der Waals surface area contributed by atoms with Gasteiger partial charge in [0.25, 0.3) is 5.91 Å². The number of hydrogen-bond acceptors (Lipinski definition) is 3. The van der Waals surface area contributed by atoms with Crippen LogP contribution in [-0.4, -0.2) is 17.9 Å². The van der Waals surface area contributed by atoms with Crippen LogP contribution >= 0.6 is 0 Å². The molecule has 0 aliphatic carbocycles. The summed E-state index contributed by atoms with van der Waals surface area (Å²) in [5.41, 5.74) is 2.74. The van der Waals surface area contributed by atoms with Crippen molar-refractivity contribution in [3.8, 4) is 0 Å². The summed E-state index contributed by atoms with van der Waals surface area (Å²) in [6.45, 7) is 2.16. The average molecular weight is 322 g/mol. The van der Waals surface area contributed by atoms with Gasteiger partial charge in [0.05, 0.1) is 12.1 Å². The van der Waals surface area contributed by atoms with Crippen LogP contribution in [-0.2, 0) is 16.0 Å². The Bertz CT molecular complexity index is 710. The minimum absolute atomic E-state index is 0.158. The number of rotatable bonds is 6.